The fourth-order valence-corrected chi connectivity index (χ4v) is 2.43. The summed E-state index contributed by atoms with van der Waals surface area (Å²) in [6.07, 6.45) is 1.22. The third kappa shape index (κ3) is 2.83. The van der Waals surface area contributed by atoms with Gasteiger partial charge in [-0.2, -0.15) is 0 Å². The van der Waals surface area contributed by atoms with Gasteiger partial charge in [0.05, 0.1) is 6.04 Å². The second-order valence-electron chi connectivity index (χ2n) is 5.44. The molecule has 5 nitrogen and oxygen atoms in total. The molecule has 0 aliphatic carbocycles. The predicted octanol–water partition coefficient (Wildman–Crippen LogP) is 2.22. The number of hydrogen-bond donors (Lipinski definition) is 1. The van der Waals surface area contributed by atoms with Crippen LogP contribution in [0.15, 0.2) is 4.42 Å². The molecule has 0 radical (unpaired) electrons. The number of rotatable bonds is 5. The standard InChI is InChI=1S/C13H24N4O/c1-5-14-10(4)12-15-16-13(18-12)17-7-6-11(8-17)9(2)3/h9-11,14H,5-8H2,1-4H3. The summed E-state index contributed by atoms with van der Waals surface area (Å²) >= 11 is 0. The summed E-state index contributed by atoms with van der Waals surface area (Å²) in [6, 6.07) is 0.803. The lowest BCUT2D eigenvalue weighted by Gasteiger charge is -2.15. The second-order valence-corrected chi connectivity index (χ2v) is 5.44. The Morgan fingerprint density at radius 1 is 1.39 bits per heavy atom. The van der Waals surface area contributed by atoms with Gasteiger partial charge in [0, 0.05) is 13.1 Å². The molecule has 5 heteroatoms. The quantitative estimate of drug-likeness (QED) is 0.871. The minimum atomic E-state index is 0.125. The van der Waals surface area contributed by atoms with Gasteiger partial charge in [0.15, 0.2) is 0 Å². The molecule has 1 saturated heterocycles. The number of hydrogen-bond acceptors (Lipinski definition) is 5. The Labute approximate surface area is 109 Å². The lowest BCUT2D eigenvalue weighted by molar-refractivity contribution is 0.409. The minimum absolute atomic E-state index is 0.125. The number of aromatic nitrogens is 2. The van der Waals surface area contributed by atoms with Crippen molar-refractivity contribution in [3.05, 3.63) is 5.89 Å². The Morgan fingerprint density at radius 3 is 2.78 bits per heavy atom. The predicted molar refractivity (Wildman–Crippen MR) is 71.5 cm³/mol. The zero-order valence-corrected chi connectivity index (χ0v) is 11.8. The van der Waals surface area contributed by atoms with Crippen LogP contribution >= 0.6 is 0 Å². The summed E-state index contributed by atoms with van der Waals surface area (Å²) in [5, 5.41) is 11.6. The van der Waals surface area contributed by atoms with Crippen molar-refractivity contribution in [2.75, 3.05) is 24.5 Å². The third-order valence-electron chi connectivity index (χ3n) is 3.75. The highest BCUT2D eigenvalue weighted by molar-refractivity contribution is 5.26. The fourth-order valence-electron chi connectivity index (χ4n) is 2.43. The van der Waals surface area contributed by atoms with Crippen LogP contribution in [0.25, 0.3) is 0 Å². The molecule has 0 aromatic carbocycles. The molecule has 0 saturated carbocycles. The summed E-state index contributed by atoms with van der Waals surface area (Å²) < 4.78 is 5.75. The maximum atomic E-state index is 5.75. The largest absolute Gasteiger partial charge is 0.406 e. The number of nitrogens with one attached hydrogen (secondary N) is 1. The third-order valence-corrected chi connectivity index (χ3v) is 3.75. The first-order valence-corrected chi connectivity index (χ1v) is 6.93. The molecular weight excluding hydrogens is 228 g/mol. The van der Waals surface area contributed by atoms with Crippen LogP contribution in [-0.4, -0.2) is 29.8 Å². The highest BCUT2D eigenvalue weighted by Crippen LogP contribution is 2.28. The second kappa shape index (κ2) is 5.69. The summed E-state index contributed by atoms with van der Waals surface area (Å²) in [5.41, 5.74) is 0. The van der Waals surface area contributed by atoms with Crippen molar-refractivity contribution in [1.29, 1.82) is 0 Å². The highest BCUT2D eigenvalue weighted by atomic mass is 16.4. The van der Waals surface area contributed by atoms with Gasteiger partial charge in [-0.3, -0.25) is 0 Å². The average molecular weight is 252 g/mol. The van der Waals surface area contributed by atoms with E-state index in [0.717, 1.165) is 31.5 Å². The van der Waals surface area contributed by atoms with E-state index in [4.69, 9.17) is 4.42 Å². The molecule has 1 fully saturated rings. The van der Waals surface area contributed by atoms with Crippen LogP contribution in [0.2, 0.25) is 0 Å². The van der Waals surface area contributed by atoms with Gasteiger partial charge >= 0.3 is 6.01 Å². The molecule has 2 rings (SSSR count). The van der Waals surface area contributed by atoms with Crippen molar-refractivity contribution in [3.8, 4) is 0 Å². The molecule has 0 bridgehead atoms. The molecule has 1 aromatic heterocycles. The fraction of sp³-hybridized carbons (Fsp3) is 0.846. The first-order valence-electron chi connectivity index (χ1n) is 6.93. The molecule has 0 amide bonds. The maximum absolute atomic E-state index is 5.75. The summed E-state index contributed by atoms with van der Waals surface area (Å²) in [6.45, 7) is 11.6. The van der Waals surface area contributed by atoms with Crippen molar-refractivity contribution in [2.24, 2.45) is 11.8 Å². The van der Waals surface area contributed by atoms with Crippen LogP contribution in [0.3, 0.4) is 0 Å². The van der Waals surface area contributed by atoms with Gasteiger partial charge in [-0.25, -0.2) is 0 Å². The lowest BCUT2D eigenvalue weighted by atomic mass is 9.95. The van der Waals surface area contributed by atoms with Crippen LogP contribution in [-0.2, 0) is 0 Å². The Morgan fingerprint density at radius 2 is 2.17 bits per heavy atom. The first-order chi connectivity index (χ1) is 8.61. The Kier molecular flexibility index (Phi) is 4.22. The van der Waals surface area contributed by atoms with Crippen molar-refractivity contribution < 1.29 is 4.42 Å². The van der Waals surface area contributed by atoms with Crippen LogP contribution in [0.1, 0.15) is 46.0 Å². The Balaban J connectivity index is 1.98. The van der Waals surface area contributed by atoms with Crippen molar-refractivity contribution in [3.63, 3.8) is 0 Å². The van der Waals surface area contributed by atoms with E-state index in [0.29, 0.717) is 11.9 Å². The van der Waals surface area contributed by atoms with E-state index in [9.17, 15) is 0 Å². The number of anilines is 1. The van der Waals surface area contributed by atoms with E-state index >= 15 is 0 Å². The van der Waals surface area contributed by atoms with E-state index in [1.807, 2.05) is 6.92 Å². The van der Waals surface area contributed by atoms with Gasteiger partial charge in [-0.1, -0.05) is 25.9 Å². The van der Waals surface area contributed by atoms with E-state index in [2.05, 4.69) is 41.2 Å². The van der Waals surface area contributed by atoms with E-state index in [1.54, 1.807) is 0 Å². The molecule has 1 aromatic rings. The molecule has 1 N–H and O–H groups in total. The van der Waals surface area contributed by atoms with E-state index in [1.165, 1.54) is 6.42 Å². The first kappa shape index (κ1) is 13.3. The SMILES string of the molecule is CCNC(C)c1nnc(N2CCC(C(C)C)C2)o1. The smallest absolute Gasteiger partial charge is 0.318 e. The summed E-state index contributed by atoms with van der Waals surface area (Å²) in [5.74, 6) is 2.14. The normalized spacial score (nSPS) is 21.8. The molecule has 1 aliphatic rings. The number of nitrogens with zero attached hydrogens (tertiary/aromatic N) is 3. The molecule has 2 heterocycles. The van der Waals surface area contributed by atoms with Gasteiger partial charge in [0.1, 0.15) is 0 Å². The maximum Gasteiger partial charge on any atom is 0.318 e. The van der Waals surface area contributed by atoms with E-state index < -0.39 is 0 Å². The molecule has 18 heavy (non-hydrogen) atoms. The van der Waals surface area contributed by atoms with Gasteiger partial charge in [0.25, 0.3) is 0 Å². The minimum Gasteiger partial charge on any atom is -0.406 e. The topological polar surface area (TPSA) is 54.2 Å². The van der Waals surface area contributed by atoms with Crippen LogP contribution in [0.5, 0.6) is 0 Å². The molecule has 0 spiro atoms. The zero-order chi connectivity index (χ0) is 13.1. The van der Waals surface area contributed by atoms with Crippen LogP contribution in [0.4, 0.5) is 6.01 Å². The highest BCUT2D eigenvalue weighted by Gasteiger charge is 2.28. The van der Waals surface area contributed by atoms with Crippen LogP contribution in [0, 0.1) is 11.8 Å². The molecule has 2 atom stereocenters. The Bertz CT molecular complexity index is 377. The lowest BCUT2D eigenvalue weighted by Crippen LogP contribution is -2.21. The monoisotopic (exact) mass is 252 g/mol. The van der Waals surface area contributed by atoms with Gasteiger partial charge in [0.2, 0.25) is 5.89 Å². The molecule has 2 unspecified atom stereocenters. The Hall–Kier alpha value is -1.10. The van der Waals surface area contributed by atoms with Gasteiger partial charge in [-0.15, -0.1) is 5.10 Å². The van der Waals surface area contributed by atoms with Crippen LogP contribution < -0.4 is 10.2 Å². The zero-order valence-electron chi connectivity index (χ0n) is 11.8. The average Bonchev–Trinajstić information content (AvgIpc) is 2.98. The molecule has 102 valence electrons. The van der Waals surface area contributed by atoms with Crippen molar-refractivity contribution in [2.45, 2.75) is 40.2 Å². The van der Waals surface area contributed by atoms with Crippen molar-refractivity contribution in [1.82, 2.24) is 15.5 Å². The summed E-state index contributed by atoms with van der Waals surface area (Å²) in [7, 11) is 0. The van der Waals surface area contributed by atoms with Gasteiger partial charge < -0.3 is 14.6 Å². The molecular formula is C13H24N4O. The molecule has 1 aliphatic heterocycles. The van der Waals surface area contributed by atoms with E-state index in [-0.39, 0.29) is 6.04 Å². The van der Waals surface area contributed by atoms with Crippen molar-refractivity contribution >= 4 is 6.01 Å². The summed E-state index contributed by atoms with van der Waals surface area (Å²) in [4.78, 5) is 2.21. The van der Waals surface area contributed by atoms with Gasteiger partial charge in [-0.05, 0) is 31.7 Å².